The Hall–Kier alpha value is -2.27. The van der Waals surface area contributed by atoms with Crippen LogP contribution in [0.2, 0.25) is 0 Å². The van der Waals surface area contributed by atoms with E-state index in [0.717, 1.165) is 21.2 Å². The molecule has 3 N–H and O–H groups in total. The Labute approximate surface area is 127 Å². The molecule has 2 aromatic carbocycles. The van der Waals surface area contributed by atoms with E-state index in [1.807, 2.05) is 26.1 Å². The highest BCUT2D eigenvalue weighted by molar-refractivity contribution is 7.99. The van der Waals surface area contributed by atoms with Gasteiger partial charge in [-0.2, -0.15) is 5.10 Å². The molecule has 0 aliphatic heterocycles. The topological polar surface area (TPSA) is 67.7 Å². The molecular formula is C16H16N4S. The SMILES string of the molecule is Cc1nn(C)c(Sc2ccc3ccccc3c2)c1C(=N)N. The lowest BCUT2D eigenvalue weighted by molar-refractivity contribution is 0.692. The van der Waals surface area contributed by atoms with Gasteiger partial charge in [0.25, 0.3) is 0 Å². The molecule has 0 atom stereocenters. The molecule has 0 radical (unpaired) electrons. The standard InChI is InChI=1S/C16H16N4S/c1-10-14(15(17)18)16(20(2)19-10)21-13-8-7-11-5-3-4-6-12(11)9-13/h3-9H,1-2H3,(H3,17,18). The summed E-state index contributed by atoms with van der Waals surface area (Å²) in [7, 11) is 1.88. The summed E-state index contributed by atoms with van der Waals surface area (Å²) < 4.78 is 1.78. The minimum Gasteiger partial charge on any atom is -0.384 e. The van der Waals surface area contributed by atoms with Crippen LogP contribution in [0.15, 0.2) is 52.4 Å². The lowest BCUT2D eigenvalue weighted by Gasteiger charge is -2.06. The second kappa shape index (κ2) is 5.26. The molecule has 0 aliphatic carbocycles. The molecule has 1 heterocycles. The minimum atomic E-state index is 0.0592. The van der Waals surface area contributed by atoms with E-state index in [1.165, 1.54) is 10.8 Å². The Morgan fingerprint density at radius 3 is 2.62 bits per heavy atom. The Balaban J connectivity index is 2.04. The molecule has 106 valence electrons. The minimum absolute atomic E-state index is 0.0592. The summed E-state index contributed by atoms with van der Waals surface area (Å²) in [4.78, 5) is 1.11. The maximum Gasteiger partial charge on any atom is 0.127 e. The van der Waals surface area contributed by atoms with Gasteiger partial charge in [0.05, 0.1) is 11.3 Å². The fourth-order valence-corrected chi connectivity index (χ4v) is 3.48. The maximum atomic E-state index is 7.74. The van der Waals surface area contributed by atoms with Crippen LogP contribution in [-0.4, -0.2) is 15.6 Å². The summed E-state index contributed by atoms with van der Waals surface area (Å²) in [6.45, 7) is 1.88. The molecule has 0 amide bonds. The number of nitrogens with one attached hydrogen (secondary N) is 1. The fraction of sp³-hybridized carbons (Fsp3) is 0.125. The number of hydrogen-bond acceptors (Lipinski definition) is 3. The number of amidine groups is 1. The third kappa shape index (κ3) is 2.52. The van der Waals surface area contributed by atoms with Crippen molar-refractivity contribution in [3.05, 3.63) is 53.7 Å². The summed E-state index contributed by atoms with van der Waals surface area (Å²) in [5.74, 6) is 0.0592. The summed E-state index contributed by atoms with van der Waals surface area (Å²) in [6.07, 6.45) is 0. The van der Waals surface area contributed by atoms with E-state index in [9.17, 15) is 0 Å². The van der Waals surface area contributed by atoms with E-state index >= 15 is 0 Å². The van der Waals surface area contributed by atoms with Gasteiger partial charge in [-0.25, -0.2) is 0 Å². The van der Waals surface area contributed by atoms with Crippen molar-refractivity contribution in [3.63, 3.8) is 0 Å². The van der Waals surface area contributed by atoms with Gasteiger partial charge in [0.2, 0.25) is 0 Å². The summed E-state index contributed by atoms with van der Waals surface area (Å²) in [5.41, 5.74) is 7.19. The van der Waals surface area contributed by atoms with E-state index in [2.05, 4.69) is 35.4 Å². The molecule has 0 fully saturated rings. The van der Waals surface area contributed by atoms with E-state index in [4.69, 9.17) is 11.1 Å². The van der Waals surface area contributed by atoms with Crippen LogP contribution in [0.1, 0.15) is 11.3 Å². The zero-order valence-electron chi connectivity index (χ0n) is 11.9. The van der Waals surface area contributed by atoms with Crippen molar-refractivity contribution in [1.82, 2.24) is 9.78 Å². The monoisotopic (exact) mass is 296 g/mol. The summed E-state index contributed by atoms with van der Waals surface area (Å²) in [6, 6.07) is 14.6. The van der Waals surface area contributed by atoms with Crippen LogP contribution in [0.25, 0.3) is 10.8 Å². The average molecular weight is 296 g/mol. The van der Waals surface area contributed by atoms with Gasteiger partial charge in [-0.15, -0.1) is 0 Å². The lowest BCUT2D eigenvalue weighted by Crippen LogP contribution is -2.13. The number of rotatable bonds is 3. The third-order valence-corrected chi connectivity index (χ3v) is 4.53. The van der Waals surface area contributed by atoms with Crippen molar-refractivity contribution < 1.29 is 0 Å². The van der Waals surface area contributed by atoms with Gasteiger partial charge in [0, 0.05) is 11.9 Å². The van der Waals surface area contributed by atoms with Gasteiger partial charge >= 0.3 is 0 Å². The highest BCUT2D eigenvalue weighted by Crippen LogP contribution is 2.33. The molecule has 0 bridgehead atoms. The van der Waals surface area contributed by atoms with Crippen LogP contribution in [0.5, 0.6) is 0 Å². The molecule has 3 rings (SSSR count). The summed E-state index contributed by atoms with van der Waals surface area (Å²) in [5, 5.41) is 15.4. The number of aromatic nitrogens is 2. The fourth-order valence-electron chi connectivity index (χ4n) is 2.41. The molecular weight excluding hydrogens is 280 g/mol. The largest absolute Gasteiger partial charge is 0.384 e. The first-order valence-electron chi connectivity index (χ1n) is 6.61. The molecule has 0 spiro atoms. The first kappa shape index (κ1) is 13.7. The molecule has 0 aliphatic rings. The Kier molecular flexibility index (Phi) is 3.43. The van der Waals surface area contributed by atoms with Crippen LogP contribution in [0, 0.1) is 12.3 Å². The number of nitrogens with zero attached hydrogens (tertiary/aromatic N) is 2. The number of hydrogen-bond donors (Lipinski definition) is 2. The van der Waals surface area contributed by atoms with Gasteiger partial charge in [-0.1, -0.05) is 42.1 Å². The van der Waals surface area contributed by atoms with Crippen molar-refractivity contribution in [3.8, 4) is 0 Å². The number of benzene rings is 2. The lowest BCUT2D eigenvalue weighted by atomic mass is 10.1. The van der Waals surface area contributed by atoms with E-state index in [-0.39, 0.29) is 5.84 Å². The second-order valence-electron chi connectivity index (χ2n) is 4.91. The molecule has 4 nitrogen and oxygen atoms in total. The van der Waals surface area contributed by atoms with Crippen molar-refractivity contribution in [1.29, 1.82) is 5.41 Å². The number of fused-ring (bicyclic) bond motifs is 1. The molecule has 0 unspecified atom stereocenters. The van der Waals surface area contributed by atoms with Gasteiger partial charge < -0.3 is 5.73 Å². The smallest absolute Gasteiger partial charge is 0.127 e. The highest BCUT2D eigenvalue weighted by atomic mass is 32.2. The van der Waals surface area contributed by atoms with E-state index in [0.29, 0.717) is 0 Å². The van der Waals surface area contributed by atoms with E-state index < -0.39 is 0 Å². The second-order valence-corrected chi connectivity index (χ2v) is 5.98. The molecule has 21 heavy (non-hydrogen) atoms. The number of nitrogens with two attached hydrogens (primary N) is 1. The van der Waals surface area contributed by atoms with Crippen molar-refractivity contribution in [2.45, 2.75) is 16.8 Å². The van der Waals surface area contributed by atoms with E-state index in [1.54, 1.807) is 16.4 Å². The van der Waals surface area contributed by atoms with Crippen LogP contribution < -0.4 is 5.73 Å². The van der Waals surface area contributed by atoms with Crippen molar-refractivity contribution >= 4 is 28.4 Å². The predicted molar refractivity (Wildman–Crippen MR) is 87.0 cm³/mol. The number of aryl methyl sites for hydroxylation is 2. The maximum absolute atomic E-state index is 7.74. The van der Waals surface area contributed by atoms with Crippen LogP contribution in [0.3, 0.4) is 0 Å². The first-order valence-corrected chi connectivity index (χ1v) is 7.42. The quantitative estimate of drug-likeness (QED) is 0.575. The molecule has 1 aromatic heterocycles. The Morgan fingerprint density at radius 2 is 1.90 bits per heavy atom. The van der Waals surface area contributed by atoms with Gasteiger partial charge in [-0.3, -0.25) is 10.1 Å². The van der Waals surface area contributed by atoms with Gasteiger partial charge in [0.1, 0.15) is 10.9 Å². The molecule has 0 saturated carbocycles. The average Bonchev–Trinajstić information content (AvgIpc) is 2.73. The summed E-state index contributed by atoms with van der Waals surface area (Å²) >= 11 is 1.58. The van der Waals surface area contributed by atoms with Crippen molar-refractivity contribution in [2.75, 3.05) is 0 Å². The van der Waals surface area contributed by atoms with Crippen LogP contribution in [-0.2, 0) is 7.05 Å². The Bertz CT molecular complexity index is 835. The Morgan fingerprint density at radius 1 is 1.19 bits per heavy atom. The zero-order valence-corrected chi connectivity index (χ0v) is 12.7. The first-order chi connectivity index (χ1) is 10.1. The van der Waals surface area contributed by atoms with Gasteiger partial charge in [-0.05, 0) is 29.8 Å². The predicted octanol–water partition coefficient (Wildman–Crippen LogP) is 3.32. The molecule has 0 saturated heterocycles. The molecule has 3 aromatic rings. The third-order valence-electron chi connectivity index (χ3n) is 3.37. The van der Waals surface area contributed by atoms with Crippen LogP contribution >= 0.6 is 11.8 Å². The van der Waals surface area contributed by atoms with Crippen molar-refractivity contribution in [2.24, 2.45) is 12.8 Å². The van der Waals surface area contributed by atoms with Gasteiger partial charge in [0.15, 0.2) is 0 Å². The number of nitrogen functional groups attached to an aromatic ring is 1. The zero-order chi connectivity index (χ0) is 15.0. The van der Waals surface area contributed by atoms with Crippen LogP contribution in [0.4, 0.5) is 0 Å². The normalized spacial score (nSPS) is 11.0. The highest BCUT2D eigenvalue weighted by Gasteiger charge is 2.16. The molecule has 5 heteroatoms.